The molecular weight excluding hydrogens is 1370 g/mol. The van der Waals surface area contributed by atoms with E-state index >= 15 is 0 Å². The maximum atomic E-state index is 12.5. The van der Waals surface area contributed by atoms with Crippen LogP contribution in [0.25, 0.3) is 0 Å². The van der Waals surface area contributed by atoms with Crippen LogP contribution in [0, 0.1) is 50.4 Å². The lowest BCUT2D eigenvalue weighted by Crippen LogP contribution is -2.68. The molecule has 0 saturated carbocycles. The van der Waals surface area contributed by atoms with E-state index in [1.807, 2.05) is 46.2 Å². The van der Waals surface area contributed by atoms with Gasteiger partial charge in [-0.15, -0.1) is 0 Å². The van der Waals surface area contributed by atoms with E-state index in [0.717, 1.165) is 90.7 Å². The highest BCUT2D eigenvalue weighted by Gasteiger charge is 2.59. The number of aromatic hydroxyl groups is 1. The molecule has 9 aliphatic rings. The number of hydrogen-bond donors (Lipinski definition) is 2. The summed E-state index contributed by atoms with van der Waals surface area (Å²) in [6.45, 7) is 16.3. The molecule has 97 heavy (non-hydrogen) atoms. The molecular formula is C74H83Br2N9O12. The van der Waals surface area contributed by atoms with Gasteiger partial charge in [0, 0.05) is 132 Å². The predicted molar refractivity (Wildman–Crippen MR) is 369 cm³/mol. The zero-order chi connectivity index (χ0) is 68.4. The first-order valence-electron chi connectivity index (χ1n) is 32.8. The summed E-state index contributed by atoms with van der Waals surface area (Å²) in [5.41, 5.74) is 23.2. The number of hydrogen-bond acceptors (Lipinski definition) is 21. The summed E-state index contributed by atoms with van der Waals surface area (Å²) in [5.74, 6) is 5.54. The standard InChI is InChI=1S/C36H38N4O6.C31H38N4O6.C7H7Br2N/c1-18-10-23-11-25-27(13-37)40-26(31(38(25)4)29(23)32(42)33(18)43-5)12-24-30(28(40)16-39-14-21-8-6-7-9-22(21)15-39)36-35(44-17-45-36)19(2)34(24)46-20(3)41;1-7-8-38-28-17(3)29-31(41-15-40-29)25-19(28)11-21-26-24-18(9-16(2)27(37-6)30(24)39-14-36-5)10-20(34(26)4)22(12-32)35(21)23(25)13-33;8-3-6-1-2-10-5-7(6)4-9/h6-10,25-28,31,42H,11-12,14-17H2,1-5H3;7,9,20-23,26H,1,8,10-11,13-15,33H2,2-6H3;1-2,5H,3-4H2/t25-,26?,27?,28-,31-;20-,21?,22?,23-,26-;/m00./s1. The normalized spacial score (nSPS) is 24.3. The van der Waals surface area contributed by atoms with Gasteiger partial charge in [0.2, 0.25) is 13.6 Å². The monoisotopic (exact) mass is 1450 g/mol. The molecule has 3 N–H and O–H groups in total. The van der Waals surface area contributed by atoms with E-state index in [0.29, 0.717) is 91.4 Å². The number of phenolic OH excluding ortho intramolecular Hbond substituents is 1. The summed E-state index contributed by atoms with van der Waals surface area (Å²) in [5, 5.41) is 35.1. The summed E-state index contributed by atoms with van der Waals surface area (Å²) in [4.78, 5) is 28.3. The number of rotatable bonds is 14. The van der Waals surface area contributed by atoms with Gasteiger partial charge in [0.15, 0.2) is 52.8 Å². The molecule has 23 heteroatoms. The highest BCUT2D eigenvalue weighted by molar-refractivity contribution is 9.09. The van der Waals surface area contributed by atoms with Crippen LogP contribution in [0.15, 0.2) is 67.5 Å². The van der Waals surface area contributed by atoms with Crippen LogP contribution in [0.4, 0.5) is 0 Å². The van der Waals surface area contributed by atoms with Gasteiger partial charge in [0.25, 0.3) is 0 Å². The molecule has 4 bridgehead atoms. The number of nitriles is 2. The summed E-state index contributed by atoms with van der Waals surface area (Å²) in [6.07, 6.45) is 7.86. The van der Waals surface area contributed by atoms with Gasteiger partial charge in [-0.3, -0.25) is 34.3 Å². The molecule has 10 atom stereocenters. The van der Waals surface area contributed by atoms with E-state index in [-0.39, 0.29) is 74.5 Å². The molecule has 21 nitrogen and oxygen atoms in total. The number of phenols is 1. The molecule has 1 aromatic heterocycles. The predicted octanol–water partition coefficient (Wildman–Crippen LogP) is 10.6. The second-order valence-corrected chi connectivity index (χ2v) is 27.4. The van der Waals surface area contributed by atoms with Crippen molar-refractivity contribution < 1.29 is 57.3 Å². The second kappa shape index (κ2) is 27.9. The van der Waals surface area contributed by atoms with E-state index in [9.17, 15) is 20.4 Å². The Morgan fingerprint density at radius 3 is 1.76 bits per heavy atom. The van der Waals surface area contributed by atoms with Crippen molar-refractivity contribution in [1.82, 2.24) is 29.5 Å². The number of aryl methyl sites for hydroxylation is 2. The van der Waals surface area contributed by atoms with Crippen LogP contribution in [0.5, 0.6) is 57.5 Å². The molecule has 0 amide bonds. The van der Waals surface area contributed by atoms with Crippen molar-refractivity contribution in [2.75, 3.05) is 75.5 Å². The smallest absolute Gasteiger partial charge is 0.308 e. The number of ether oxygens (including phenoxy) is 10. The largest absolute Gasteiger partial charge is 0.504 e. The third-order valence-corrected chi connectivity index (χ3v) is 22.5. The lowest BCUT2D eigenvalue weighted by molar-refractivity contribution is -0.132. The minimum Gasteiger partial charge on any atom is -0.504 e. The maximum Gasteiger partial charge on any atom is 0.308 e. The third kappa shape index (κ3) is 11.4. The van der Waals surface area contributed by atoms with Crippen molar-refractivity contribution in [3.05, 3.63) is 157 Å². The van der Waals surface area contributed by atoms with Crippen molar-refractivity contribution in [2.24, 2.45) is 5.73 Å². The minimum atomic E-state index is -0.441. The summed E-state index contributed by atoms with van der Waals surface area (Å²) in [6, 6.07) is 18.0. The zero-order valence-corrected chi connectivity index (χ0v) is 59.7. The van der Waals surface area contributed by atoms with Crippen molar-refractivity contribution in [3.8, 4) is 69.6 Å². The number of alkyl halides is 2. The van der Waals surface area contributed by atoms with E-state index in [2.05, 4.69) is 131 Å². The van der Waals surface area contributed by atoms with Gasteiger partial charge in [-0.2, -0.15) is 10.5 Å². The lowest BCUT2D eigenvalue weighted by atomic mass is 9.71. The molecule has 2 fully saturated rings. The molecule has 0 radical (unpaired) electrons. The molecule has 9 aliphatic heterocycles. The SMILES string of the molecule is BrCc1ccncc1CBr.C=CCOc1c(C)c2c(c3c1CC1[C@H]4c5c(cc(C)c(OC)c5OCOC)C[C@@H](C(C#N)N1[C@H]3CN)N4C)OCO2.COc1c(C)cc2c(c1O)[C@@H]1C3Cc4c(OC(C)=O)c(C)c5c(c4[C@H](CN4Cc6ccccc6C4)N3C(C#N)[C@H](C2)N1C)OCO5. The van der Waals surface area contributed by atoms with Crippen LogP contribution < -0.4 is 48.4 Å². The molecule has 5 aromatic carbocycles. The Bertz CT molecular complexity index is 4130. The van der Waals surface area contributed by atoms with E-state index in [1.54, 1.807) is 27.4 Å². The van der Waals surface area contributed by atoms with Gasteiger partial charge >= 0.3 is 5.97 Å². The van der Waals surface area contributed by atoms with E-state index in [1.165, 1.54) is 34.7 Å². The molecule has 2 saturated heterocycles. The summed E-state index contributed by atoms with van der Waals surface area (Å²) < 4.78 is 59.7. The molecule has 15 rings (SSSR count). The average molecular weight is 1450 g/mol. The number of pyridine rings is 1. The van der Waals surface area contributed by atoms with Gasteiger partial charge in [-0.25, -0.2) is 0 Å². The summed E-state index contributed by atoms with van der Waals surface area (Å²) in [7, 11) is 9.03. The quantitative estimate of drug-likeness (QED) is 0.0339. The number of nitrogens with two attached hydrogens (primary N) is 1. The molecule has 0 spiro atoms. The minimum absolute atomic E-state index is 0.0421. The van der Waals surface area contributed by atoms with Crippen LogP contribution in [0.2, 0.25) is 0 Å². The van der Waals surface area contributed by atoms with Crippen molar-refractivity contribution >= 4 is 37.8 Å². The Morgan fingerprint density at radius 2 is 1.23 bits per heavy atom. The molecule has 10 heterocycles. The fraction of sp³-hybridized carbons (Fsp3) is 0.459. The number of likely N-dealkylation sites (N-methyl/N-ethyl adjacent to an activating group) is 2. The number of aromatic nitrogens is 1. The van der Waals surface area contributed by atoms with Crippen LogP contribution in [-0.2, 0) is 59.0 Å². The summed E-state index contributed by atoms with van der Waals surface area (Å²) >= 11 is 6.79. The fourth-order valence-corrected chi connectivity index (χ4v) is 18.5. The highest BCUT2D eigenvalue weighted by atomic mass is 79.9. The number of nitrogens with zero attached hydrogens (tertiary/aromatic N) is 8. The van der Waals surface area contributed by atoms with Crippen molar-refractivity contribution in [1.29, 1.82) is 10.5 Å². The first-order chi connectivity index (χ1) is 47.0. The Morgan fingerprint density at radius 1 is 0.691 bits per heavy atom. The Hall–Kier alpha value is -7.68. The van der Waals surface area contributed by atoms with Crippen molar-refractivity contribution in [3.63, 3.8) is 0 Å². The molecule has 0 aliphatic carbocycles. The number of piperazine rings is 2. The first kappa shape index (κ1) is 67.9. The Balaban J connectivity index is 0.000000154. The highest BCUT2D eigenvalue weighted by Crippen LogP contribution is 2.61. The average Bonchev–Trinajstić information content (AvgIpc) is 1.54. The van der Waals surface area contributed by atoms with Crippen LogP contribution in [-0.4, -0.2) is 152 Å². The number of carbonyl (C=O) groups is 1. The Labute approximate surface area is 583 Å². The van der Waals surface area contributed by atoms with Gasteiger partial charge in [0.05, 0.1) is 50.5 Å². The number of benzene rings is 5. The number of fused-ring (bicyclic) bond motifs is 19. The molecule has 4 unspecified atom stereocenters. The number of halogens is 2. The zero-order valence-electron chi connectivity index (χ0n) is 56.5. The maximum absolute atomic E-state index is 12.5. The van der Waals surface area contributed by atoms with E-state index in [4.69, 9.17) is 53.1 Å². The molecule has 510 valence electrons. The van der Waals surface area contributed by atoms with E-state index < -0.39 is 18.1 Å². The van der Waals surface area contributed by atoms with Crippen LogP contribution in [0.1, 0.15) is 120 Å². The van der Waals surface area contributed by atoms with Crippen LogP contribution >= 0.6 is 31.9 Å². The second-order valence-electron chi connectivity index (χ2n) is 26.3. The number of methoxy groups -OCH3 is 3. The topological polar surface area (TPSA) is 232 Å². The van der Waals surface area contributed by atoms with Gasteiger partial charge in [0.1, 0.15) is 30.2 Å². The third-order valence-electron chi connectivity index (χ3n) is 21.3. The Kier molecular flexibility index (Phi) is 19.5. The number of carbonyl (C=O) groups excluding carboxylic acids is 1. The molecule has 6 aromatic rings. The van der Waals surface area contributed by atoms with Gasteiger partial charge in [-0.1, -0.05) is 80.9 Å². The van der Waals surface area contributed by atoms with Gasteiger partial charge < -0.3 is 58.2 Å². The van der Waals surface area contributed by atoms with Gasteiger partial charge in [-0.05, 0) is 118 Å². The first-order valence-corrected chi connectivity index (χ1v) is 35.1. The van der Waals surface area contributed by atoms with Crippen LogP contribution in [0.3, 0.4) is 0 Å². The lowest BCUT2D eigenvalue weighted by Gasteiger charge is -2.60. The fourth-order valence-electron chi connectivity index (χ4n) is 17.4. The number of esters is 1. The van der Waals surface area contributed by atoms with Crippen molar-refractivity contribution in [2.45, 2.75) is 144 Å².